The molecule has 0 aliphatic rings. The van der Waals surface area contributed by atoms with Crippen molar-refractivity contribution in [3.05, 3.63) is 29.8 Å². The maximum absolute atomic E-state index is 12.5. The van der Waals surface area contributed by atoms with Gasteiger partial charge in [0, 0.05) is 6.04 Å². The molecule has 0 bridgehead atoms. The number of benzene rings is 1. The Labute approximate surface area is 109 Å². The van der Waals surface area contributed by atoms with Crippen LogP contribution in [0.3, 0.4) is 0 Å². The number of para-hydroxylation sites is 1. The summed E-state index contributed by atoms with van der Waals surface area (Å²) in [6.07, 6.45) is -4.44. The van der Waals surface area contributed by atoms with Gasteiger partial charge in [0.15, 0.2) is 0 Å². The lowest BCUT2D eigenvalue weighted by molar-refractivity contribution is -0.143. The van der Waals surface area contributed by atoms with Crippen molar-refractivity contribution >= 4 is 11.6 Å². The predicted molar refractivity (Wildman–Crippen MR) is 66.5 cm³/mol. The minimum absolute atomic E-state index is 0.114. The van der Waals surface area contributed by atoms with Crippen LogP contribution in [0.2, 0.25) is 0 Å². The van der Waals surface area contributed by atoms with Crippen LogP contribution in [-0.2, 0) is 0 Å². The third kappa shape index (κ3) is 4.13. The highest BCUT2D eigenvalue weighted by Gasteiger charge is 2.35. The number of nitrogens with one attached hydrogen (secondary N) is 1. The van der Waals surface area contributed by atoms with E-state index in [4.69, 9.17) is 5.84 Å². The van der Waals surface area contributed by atoms with Crippen molar-refractivity contribution in [1.82, 2.24) is 4.90 Å². The van der Waals surface area contributed by atoms with E-state index >= 15 is 0 Å². The van der Waals surface area contributed by atoms with Crippen LogP contribution >= 0.6 is 0 Å². The zero-order chi connectivity index (χ0) is 14.6. The second-order valence-corrected chi connectivity index (χ2v) is 4.33. The molecule has 0 aliphatic carbocycles. The number of anilines is 1. The van der Waals surface area contributed by atoms with Gasteiger partial charge < -0.3 is 10.3 Å². The molecule has 19 heavy (non-hydrogen) atoms. The summed E-state index contributed by atoms with van der Waals surface area (Å²) < 4.78 is 37.5. The molecule has 1 aromatic rings. The fourth-order valence-electron chi connectivity index (χ4n) is 1.63. The first kappa shape index (κ1) is 15.3. The second kappa shape index (κ2) is 5.92. The maximum Gasteiger partial charge on any atom is 0.406 e. The summed E-state index contributed by atoms with van der Waals surface area (Å²) >= 11 is 0. The van der Waals surface area contributed by atoms with Crippen molar-refractivity contribution < 1.29 is 18.0 Å². The van der Waals surface area contributed by atoms with Crippen LogP contribution in [0.1, 0.15) is 24.2 Å². The molecule has 0 fully saturated rings. The molecule has 0 spiro atoms. The summed E-state index contributed by atoms with van der Waals surface area (Å²) in [4.78, 5) is 12.9. The Morgan fingerprint density at radius 3 is 2.42 bits per heavy atom. The summed E-state index contributed by atoms with van der Waals surface area (Å²) in [6, 6.07) is 5.60. The normalized spacial score (nSPS) is 11.5. The van der Waals surface area contributed by atoms with Crippen LogP contribution < -0.4 is 11.3 Å². The summed E-state index contributed by atoms with van der Waals surface area (Å²) in [5.74, 6) is 4.54. The summed E-state index contributed by atoms with van der Waals surface area (Å²) in [7, 11) is 0. The Hall–Kier alpha value is -1.76. The number of hydrazine groups is 1. The number of amides is 1. The standard InChI is InChI=1S/C12H16F3N3O/c1-8(2)18(7-12(13,14)15)11(19)9-5-3-4-6-10(9)17-16/h3-6,8,17H,7,16H2,1-2H3. The van der Waals surface area contributed by atoms with Crippen LogP contribution in [0, 0.1) is 0 Å². The molecule has 1 amide bonds. The Morgan fingerprint density at radius 1 is 1.37 bits per heavy atom. The van der Waals surface area contributed by atoms with Crippen molar-refractivity contribution in [1.29, 1.82) is 0 Å². The third-order valence-electron chi connectivity index (χ3n) is 2.55. The van der Waals surface area contributed by atoms with Gasteiger partial charge >= 0.3 is 6.18 Å². The van der Waals surface area contributed by atoms with E-state index in [1.165, 1.54) is 26.0 Å². The first-order valence-corrected chi connectivity index (χ1v) is 5.69. The van der Waals surface area contributed by atoms with Gasteiger partial charge in [-0.2, -0.15) is 13.2 Å². The summed E-state index contributed by atoms with van der Waals surface area (Å²) in [5.41, 5.74) is 2.71. The SMILES string of the molecule is CC(C)N(CC(F)(F)F)C(=O)c1ccccc1NN. The average molecular weight is 275 g/mol. The molecule has 0 atom stereocenters. The first-order valence-electron chi connectivity index (χ1n) is 5.69. The molecule has 0 radical (unpaired) electrons. The lowest BCUT2D eigenvalue weighted by Gasteiger charge is -2.28. The molecule has 7 heteroatoms. The van der Waals surface area contributed by atoms with E-state index in [1.807, 2.05) is 0 Å². The molecule has 1 aromatic carbocycles. The Kier molecular flexibility index (Phi) is 4.77. The number of carbonyl (C=O) groups excluding carboxylic acids is 1. The van der Waals surface area contributed by atoms with Gasteiger partial charge in [0.2, 0.25) is 0 Å². The molecule has 0 heterocycles. The van der Waals surface area contributed by atoms with Gasteiger partial charge in [0.1, 0.15) is 6.54 Å². The number of carbonyl (C=O) groups is 1. The van der Waals surface area contributed by atoms with Crippen LogP contribution in [0.15, 0.2) is 24.3 Å². The Bertz CT molecular complexity index is 446. The molecule has 3 N–H and O–H groups in total. The van der Waals surface area contributed by atoms with Gasteiger partial charge in [-0.3, -0.25) is 10.6 Å². The van der Waals surface area contributed by atoms with Gasteiger partial charge in [0.25, 0.3) is 5.91 Å². The Balaban J connectivity index is 3.06. The molecule has 1 rings (SSSR count). The predicted octanol–water partition coefficient (Wildman–Crippen LogP) is 2.39. The lowest BCUT2D eigenvalue weighted by Crippen LogP contribution is -2.43. The van der Waals surface area contributed by atoms with Crippen molar-refractivity contribution in [2.24, 2.45) is 5.84 Å². The summed E-state index contributed by atoms with van der Waals surface area (Å²) in [5, 5.41) is 0. The van der Waals surface area contributed by atoms with Crippen molar-refractivity contribution in [2.75, 3.05) is 12.0 Å². The topological polar surface area (TPSA) is 58.4 Å². The highest BCUT2D eigenvalue weighted by Crippen LogP contribution is 2.22. The highest BCUT2D eigenvalue weighted by molar-refractivity contribution is 5.99. The molecule has 4 nitrogen and oxygen atoms in total. The number of hydrogen-bond acceptors (Lipinski definition) is 3. The maximum atomic E-state index is 12.5. The molecular weight excluding hydrogens is 259 g/mol. The monoisotopic (exact) mass is 275 g/mol. The van der Waals surface area contributed by atoms with Crippen LogP contribution in [0.5, 0.6) is 0 Å². The minimum Gasteiger partial charge on any atom is -0.327 e. The van der Waals surface area contributed by atoms with E-state index in [0.29, 0.717) is 5.69 Å². The molecule has 106 valence electrons. The number of halogens is 3. The van der Waals surface area contributed by atoms with E-state index in [9.17, 15) is 18.0 Å². The number of nitrogens with two attached hydrogens (primary N) is 1. The van der Waals surface area contributed by atoms with Gasteiger partial charge in [-0.1, -0.05) is 12.1 Å². The van der Waals surface area contributed by atoms with E-state index in [2.05, 4.69) is 5.43 Å². The van der Waals surface area contributed by atoms with E-state index < -0.39 is 24.7 Å². The molecular formula is C12H16F3N3O. The fraction of sp³-hybridized carbons (Fsp3) is 0.417. The van der Waals surface area contributed by atoms with Crippen molar-refractivity contribution in [2.45, 2.75) is 26.1 Å². The van der Waals surface area contributed by atoms with E-state index in [0.717, 1.165) is 4.90 Å². The lowest BCUT2D eigenvalue weighted by atomic mass is 10.1. The number of nitrogen functional groups attached to an aromatic ring is 1. The first-order chi connectivity index (χ1) is 8.76. The van der Waals surface area contributed by atoms with Crippen molar-refractivity contribution in [3.63, 3.8) is 0 Å². The molecule has 0 aliphatic heterocycles. The Morgan fingerprint density at radius 2 is 1.95 bits per heavy atom. The van der Waals surface area contributed by atoms with Gasteiger partial charge in [-0.25, -0.2) is 0 Å². The van der Waals surface area contributed by atoms with E-state index in [1.54, 1.807) is 12.1 Å². The van der Waals surface area contributed by atoms with Gasteiger partial charge in [0.05, 0.1) is 11.3 Å². The summed E-state index contributed by atoms with van der Waals surface area (Å²) in [6.45, 7) is 1.77. The number of hydrogen-bond donors (Lipinski definition) is 2. The van der Waals surface area contributed by atoms with Crippen LogP contribution in [-0.4, -0.2) is 29.6 Å². The van der Waals surface area contributed by atoms with Crippen LogP contribution in [0.25, 0.3) is 0 Å². The molecule has 0 saturated heterocycles. The molecule has 0 unspecified atom stereocenters. The zero-order valence-corrected chi connectivity index (χ0v) is 10.7. The fourth-order valence-corrected chi connectivity index (χ4v) is 1.63. The van der Waals surface area contributed by atoms with Crippen molar-refractivity contribution in [3.8, 4) is 0 Å². The smallest absolute Gasteiger partial charge is 0.327 e. The molecule has 0 aromatic heterocycles. The highest BCUT2D eigenvalue weighted by atomic mass is 19.4. The average Bonchev–Trinajstić information content (AvgIpc) is 2.33. The minimum atomic E-state index is -4.44. The van der Waals surface area contributed by atoms with E-state index in [-0.39, 0.29) is 5.56 Å². The largest absolute Gasteiger partial charge is 0.406 e. The quantitative estimate of drug-likeness (QED) is 0.655. The second-order valence-electron chi connectivity index (χ2n) is 4.33. The van der Waals surface area contributed by atoms with Gasteiger partial charge in [-0.15, -0.1) is 0 Å². The molecule has 0 saturated carbocycles. The van der Waals surface area contributed by atoms with Gasteiger partial charge in [-0.05, 0) is 26.0 Å². The number of nitrogens with zero attached hydrogens (tertiary/aromatic N) is 1. The van der Waals surface area contributed by atoms with Crippen LogP contribution in [0.4, 0.5) is 18.9 Å². The third-order valence-corrected chi connectivity index (χ3v) is 2.55. The number of rotatable bonds is 4. The number of alkyl halides is 3. The zero-order valence-electron chi connectivity index (χ0n) is 10.7.